The van der Waals surface area contributed by atoms with E-state index in [4.69, 9.17) is 11.6 Å². The molecule has 0 aliphatic heterocycles. The zero-order valence-electron chi connectivity index (χ0n) is 6.13. The number of hydrogen-bond donors (Lipinski definition) is 0. The van der Waals surface area contributed by atoms with Crippen molar-refractivity contribution < 1.29 is 0 Å². The van der Waals surface area contributed by atoms with Gasteiger partial charge in [0.1, 0.15) is 5.15 Å². The molecule has 0 atom stereocenters. The Hall–Kier alpha value is -0.690. The zero-order valence-corrected chi connectivity index (χ0v) is 6.89. The summed E-state index contributed by atoms with van der Waals surface area (Å²) in [6, 6.07) is 1.93. The Morgan fingerprint density at radius 2 is 2.30 bits per heavy atom. The van der Waals surface area contributed by atoms with Gasteiger partial charge in [-0.05, 0) is 18.6 Å². The summed E-state index contributed by atoms with van der Waals surface area (Å²) in [7, 11) is 1.93. The molecule has 0 radical (unpaired) electrons. The van der Waals surface area contributed by atoms with Crippen LogP contribution in [-0.4, -0.2) is 4.57 Å². The third-order valence-corrected chi connectivity index (χ3v) is 1.70. The first-order valence-electron chi connectivity index (χ1n) is 3.18. The fourth-order valence-electron chi connectivity index (χ4n) is 0.845. The minimum absolute atomic E-state index is 0.771. The lowest BCUT2D eigenvalue weighted by molar-refractivity contribution is 0.928. The number of aryl methyl sites for hydroxylation is 1. The van der Waals surface area contributed by atoms with Crippen LogP contribution in [0.15, 0.2) is 18.3 Å². The monoisotopic (exact) mass is 155 g/mol. The average molecular weight is 156 g/mol. The van der Waals surface area contributed by atoms with Crippen LogP contribution in [0, 0.1) is 0 Å². The Bertz CT molecular complexity index is 228. The quantitative estimate of drug-likeness (QED) is 0.588. The standard InChI is InChI=1S/C8H10ClN/c1-3-4-7-5-8(9)10(2)6-7/h3-6H,1-2H3/b4-3+. The lowest BCUT2D eigenvalue weighted by atomic mass is 10.3. The Kier molecular flexibility index (Phi) is 2.17. The number of allylic oxidation sites excluding steroid dienone is 1. The van der Waals surface area contributed by atoms with Crippen LogP contribution in [0.1, 0.15) is 12.5 Å². The zero-order chi connectivity index (χ0) is 7.56. The van der Waals surface area contributed by atoms with Crippen molar-refractivity contribution in [2.45, 2.75) is 6.92 Å². The predicted octanol–water partition coefficient (Wildman–Crippen LogP) is 2.71. The molecule has 1 heterocycles. The average Bonchev–Trinajstić information content (AvgIpc) is 2.14. The summed E-state index contributed by atoms with van der Waals surface area (Å²) in [5.74, 6) is 0. The largest absolute Gasteiger partial charge is 0.341 e. The Labute approximate surface area is 65.9 Å². The van der Waals surface area contributed by atoms with Crippen LogP contribution in [0.2, 0.25) is 5.15 Å². The summed E-state index contributed by atoms with van der Waals surface area (Å²) < 4.78 is 1.89. The van der Waals surface area contributed by atoms with E-state index in [1.54, 1.807) is 0 Å². The van der Waals surface area contributed by atoms with E-state index < -0.39 is 0 Å². The van der Waals surface area contributed by atoms with Gasteiger partial charge in [-0.15, -0.1) is 0 Å². The predicted molar refractivity (Wildman–Crippen MR) is 45.1 cm³/mol. The van der Waals surface area contributed by atoms with Gasteiger partial charge in [-0.3, -0.25) is 0 Å². The normalized spacial score (nSPS) is 11.1. The highest BCUT2D eigenvalue weighted by molar-refractivity contribution is 6.29. The SMILES string of the molecule is C/C=C/c1cc(Cl)n(C)c1. The number of hydrogen-bond acceptors (Lipinski definition) is 0. The molecule has 0 spiro atoms. The fourth-order valence-corrected chi connectivity index (χ4v) is 1.02. The molecule has 0 amide bonds. The second kappa shape index (κ2) is 2.93. The lowest BCUT2D eigenvalue weighted by Gasteiger charge is -1.87. The molecule has 0 saturated carbocycles. The maximum atomic E-state index is 5.79. The van der Waals surface area contributed by atoms with Crippen LogP contribution in [-0.2, 0) is 7.05 Å². The van der Waals surface area contributed by atoms with Crippen molar-refractivity contribution in [3.05, 3.63) is 29.1 Å². The van der Waals surface area contributed by atoms with Crippen molar-refractivity contribution in [3.63, 3.8) is 0 Å². The van der Waals surface area contributed by atoms with Gasteiger partial charge in [-0.25, -0.2) is 0 Å². The first-order chi connectivity index (χ1) is 4.74. The molecule has 2 heteroatoms. The van der Waals surface area contributed by atoms with E-state index >= 15 is 0 Å². The fraction of sp³-hybridized carbons (Fsp3) is 0.250. The van der Waals surface area contributed by atoms with Crippen LogP contribution >= 0.6 is 11.6 Å². The molecular weight excluding hydrogens is 146 g/mol. The van der Waals surface area contributed by atoms with Gasteiger partial charge in [0.15, 0.2) is 0 Å². The molecule has 0 unspecified atom stereocenters. The van der Waals surface area contributed by atoms with Crippen LogP contribution in [0.4, 0.5) is 0 Å². The third-order valence-electron chi connectivity index (χ3n) is 1.32. The second-order valence-electron chi connectivity index (χ2n) is 2.21. The van der Waals surface area contributed by atoms with Gasteiger partial charge >= 0.3 is 0 Å². The summed E-state index contributed by atoms with van der Waals surface area (Å²) in [5.41, 5.74) is 1.15. The minimum Gasteiger partial charge on any atom is -0.341 e. The van der Waals surface area contributed by atoms with Crippen molar-refractivity contribution in [1.29, 1.82) is 0 Å². The highest BCUT2D eigenvalue weighted by atomic mass is 35.5. The Morgan fingerprint density at radius 3 is 2.70 bits per heavy atom. The maximum Gasteiger partial charge on any atom is 0.109 e. The van der Waals surface area contributed by atoms with E-state index in [9.17, 15) is 0 Å². The van der Waals surface area contributed by atoms with Crippen LogP contribution in [0.5, 0.6) is 0 Å². The molecule has 0 aliphatic rings. The van der Waals surface area contributed by atoms with Crippen molar-refractivity contribution in [3.8, 4) is 0 Å². The summed E-state index contributed by atoms with van der Waals surface area (Å²) >= 11 is 5.79. The molecule has 1 nitrogen and oxygen atoms in total. The number of aromatic nitrogens is 1. The molecule has 54 valence electrons. The first kappa shape index (κ1) is 7.42. The van der Waals surface area contributed by atoms with Crippen molar-refractivity contribution in [1.82, 2.24) is 4.57 Å². The Morgan fingerprint density at radius 1 is 1.60 bits per heavy atom. The van der Waals surface area contributed by atoms with E-state index in [0.29, 0.717) is 0 Å². The summed E-state index contributed by atoms with van der Waals surface area (Å²) in [4.78, 5) is 0. The van der Waals surface area contributed by atoms with Crippen LogP contribution in [0.3, 0.4) is 0 Å². The van der Waals surface area contributed by atoms with Crippen LogP contribution < -0.4 is 0 Å². The molecule has 1 aromatic rings. The number of halogens is 1. The number of rotatable bonds is 1. The van der Waals surface area contributed by atoms with Gasteiger partial charge in [0.05, 0.1) is 0 Å². The molecule has 10 heavy (non-hydrogen) atoms. The molecule has 0 bridgehead atoms. The topological polar surface area (TPSA) is 4.93 Å². The maximum absolute atomic E-state index is 5.79. The van der Waals surface area contributed by atoms with Gasteiger partial charge in [-0.1, -0.05) is 23.8 Å². The molecule has 1 aromatic heterocycles. The Balaban J connectivity index is 2.98. The molecule has 0 saturated heterocycles. The summed E-state index contributed by atoms with van der Waals surface area (Å²) in [5, 5.41) is 0.771. The van der Waals surface area contributed by atoms with E-state index in [2.05, 4.69) is 0 Å². The smallest absolute Gasteiger partial charge is 0.109 e. The molecule has 0 N–H and O–H groups in total. The van der Waals surface area contributed by atoms with E-state index in [1.165, 1.54) is 0 Å². The first-order valence-corrected chi connectivity index (χ1v) is 3.56. The molecule has 0 aliphatic carbocycles. The summed E-state index contributed by atoms with van der Waals surface area (Å²) in [6.45, 7) is 1.99. The van der Waals surface area contributed by atoms with Crippen LogP contribution in [0.25, 0.3) is 6.08 Å². The van der Waals surface area contributed by atoms with Gasteiger partial charge in [0, 0.05) is 13.2 Å². The highest BCUT2D eigenvalue weighted by Crippen LogP contribution is 2.13. The number of nitrogens with zero attached hydrogens (tertiary/aromatic N) is 1. The summed E-state index contributed by atoms with van der Waals surface area (Å²) in [6.07, 6.45) is 6.00. The van der Waals surface area contributed by atoms with Crippen molar-refractivity contribution in [2.24, 2.45) is 7.05 Å². The molecule has 1 rings (SSSR count). The molecular formula is C8H10ClN. The molecule has 0 fully saturated rings. The third kappa shape index (κ3) is 1.42. The van der Waals surface area contributed by atoms with Gasteiger partial charge in [0.2, 0.25) is 0 Å². The van der Waals surface area contributed by atoms with E-state index in [0.717, 1.165) is 10.7 Å². The van der Waals surface area contributed by atoms with E-state index in [1.807, 2.05) is 43.0 Å². The molecule has 0 aromatic carbocycles. The lowest BCUT2D eigenvalue weighted by Crippen LogP contribution is -1.80. The van der Waals surface area contributed by atoms with Crippen molar-refractivity contribution >= 4 is 17.7 Å². The minimum atomic E-state index is 0.771. The highest BCUT2D eigenvalue weighted by Gasteiger charge is 1.94. The van der Waals surface area contributed by atoms with E-state index in [-0.39, 0.29) is 0 Å². The second-order valence-corrected chi connectivity index (χ2v) is 2.59. The van der Waals surface area contributed by atoms with Gasteiger partial charge in [-0.2, -0.15) is 0 Å². The van der Waals surface area contributed by atoms with Crippen molar-refractivity contribution in [2.75, 3.05) is 0 Å². The van der Waals surface area contributed by atoms with Gasteiger partial charge in [0.25, 0.3) is 0 Å². The van der Waals surface area contributed by atoms with Gasteiger partial charge < -0.3 is 4.57 Å².